The molecule has 0 saturated carbocycles. The van der Waals surface area contributed by atoms with Crippen LogP contribution in [0.5, 0.6) is 11.5 Å². The summed E-state index contributed by atoms with van der Waals surface area (Å²) in [5.74, 6) is -1.82. The van der Waals surface area contributed by atoms with Crippen LogP contribution in [0.25, 0.3) is 0 Å². The summed E-state index contributed by atoms with van der Waals surface area (Å²) < 4.78 is 16.7. The second-order valence-corrected chi connectivity index (χ2v) is 8.54. The summed E-state index contributed by atoms with van der Waals surface area (Å²) in [7, 11) is 0. The molecule has 0 radical (unpaired) electrons. The number of hydrogen-bond donors (Lipinski definition) is 5. The van der Waals surface area contributed by atoms with Gasteiger partial charge in [-0.2, -0.15) is 0 Å². The van der Waals surface area contributed by atoms with Crippen LogP contribution in [0, 0.1) is 0 Å². The number of esters is 1. The van der Waals surface area contributed by atoms with Crippen molar-refractivity contribution in [3.63, 3.8) is 0 Å². The molecule has 1 fully saturated rings. The Morgan fingerprint density at radius 3 is 2.08 bits per heavy atom. The van der Waals surface area contributed by atoms with Gasteiger partial charge < -0.3 is 39.7 Å². The number of rotatable bonds is 5. The Kier molecular flexibility index (Phi) is 5.89. The van der Waals surface area contributed by atoms with Gasteiger partial charge in [-0.3, -0.25) is 0 Å². The number of aromatic hydroxyl groups is 1. The molecule has 0 aromatic heterocycles. The van der Waals surface area contributed by atoms with Crippen molar-refractivity contribution >= 4 is 11.9 Å². The van der Waals surface area contributed by atoms with E-state index in [9.17, 15) is 35.1 Å². The number of carbonyl (C=O) groups is 2. The summed E-state index contributed by atoms with van der Waals surface area (Å²) in [6.07, 6.45) is -8.69. The van der Waals surface area contributed by atoms with Crippen molar-refractivity contribution in [2.45, 2.75) is 36.3 Å². The van der Waals surface area contributed by atoms with Gasteiger partial charge in [0.25, 0.3) is 0 Å². The Morgan fingerprint density at radius 1 is 0.833 bits per heavy atom. The van der Waals surface area contributed by atoms with Gasteiger partial charge in [0, 0.05) is 16.7 Å². The van der Waals surface area contributed by atoms with Crippen LogP contribution in [-0.2, 0) is 19.9 Å². The molecule has 2 aliphatic heterocycles. The molecule has 0 amide bonds. The molecule has 10 heteroatoms. The normalized spacial score (nSPS) is 29.3. The first kappa shape index (κ1) is 23.8. The number of hydrogen-bond acceptors (Lipinski definition) is 9. The van der Waals surface area contributed by atoms with Crippen molar-refractivity contribution in [2.75, 3.05) is 0 Å². The van der Waals surface area contributed by atoms with Crippen molar-refractivity contribution in [3.8, 4) is 11.5 Å². The fourth-order valence-corrected chi connectivity index (χ4v) is 4.56. The van der Waals surface area contributed by atoms with E-state index in [0.717, 1.165) is 0 Å². The molecule has 5 rings (SSSR count). The quantitative estimate of drug-likeness (QED) is 0.325. The zero-order valence-corrected chi connectivity index (χ0v) is 18.6. The summed E-state index contributed by atoms with van der Waals surface area (Å²) in [5.41, 5.74) is 0.858. The zero-order valence-electron chi connectivity index (χ0n) is 18.6. The minimum absolute atomic E-state index is 0.0493. The summed E-state index contributed by atoms with van der Waals surface area (Å²) >= 11 is 0. The molecule has 5 N–H and O–H groups in total. The van der Waals surface area contributed by atoms with Crippen LogP contribution in [0.3, 0.4) is 0 Å². The molecule has 10 nitrogen and oxygen atoms in total. The highest BCUT2D eigenvalue weighted by molar-refractivity contribution is 5.96. The number of cyclic esters (lactones) is 1. The number of aliphatic hydroxyl groups is 3. The van der Waals surface area contributed by atoms with E-state index < -0.39 is 48.2 Å². The fourth-order valence-electron chi connectivity index (χ4n) is 4.56. The molecule has 3 aromatic carbocycles. The molecule has 36 heavy (non-hydrogen) atoms. The van der Waals surface area contributed by atoms with Crippen LogP contribution in [-0.4, -0.2) is 68.2 Å². The number of fused-ring (bicyclic) bond motifs is 1. The van der Waals surface area contributed by atoms with E-state index >= 15 is 0 Å². The number of phenols is 1. The minimum Gasteiger partial charge on any atom is -0.508 e. The first-order chi connectivity index (χ1) is 17.2. The van der Waals surface area contributed by atoms with Crippen LogP contribution < -0.4 is 4.74 Å². The third-order valence-electron chi connectivity index (χ3n) is 6.37. The number of carbonyl (C=O) groups excluding carboxylic acids is 1. The maximum Gasteiger partial charge on any atom is 0.340 e. The number of carboxylic acid groups (broad SMARTS) is 1. The third-order valence-corrected chi connectivity index (χ3v) is 6.37. The van der Waals surface area contributed by atoms with Crippen molar-refractivity contribution < 1.29 is 49.3 Å². The summed E-state index contributed by atoms with van der Waals surface area (Å²) in [5, 5.41) is 49.1. The van der Waals surface area contributed by atoms with E-state index in [-0.39, 0.29) is 11.5 Å². The number of ether oxygens (including phenoxy) is 3. The first-order valence-electron chi connectivity index (χ1n) is 11.0. The average molecular weight is 494 g/mol. The molecule has 1 unspecified atom stereocenters. The first-order valence-corrected chi connectivity index (χ1v) is 11.0. The largest absolute Gasteiger partial charge is 0.508 e. The van der Waals surface area contributed by atoms with E-state index in [2.05, 4.69) is 0 Å². The molecular weight excluding hydrogens is 472 g/mol. The van der Waals surface area contributed by atoms with E-state index in [1.807, 2.05) is 0 Å². The summed E-state index contributed by atoms with van der Waals surface area (Å²) in [6, 6.07) is 19.5. The van der Waals surface area contributed by atoms with Gasteiger partial charge in [0.1, 0.15) is 29.8 Å². The fraction of sp³-hybridized carbons (Fsp3) is 0.231. The molecule has 186 valence electrons. The van der Waals surface area contributed by atoms with E-state index in [1.165, 1.54) is 24.3 Å². The topological polar surface area (TPSA) is 163 Å². The van der Waals surface area contributed by atoms with Gasteiger partial charge in [0.2, 0.25) is 6.29 Å². The van der Waals surface area contributed by atoms with E-state index in [1.54, 1.807) is 48.5 Å². The van der Waals surface area contributed by atoms with Crippen LogP contribution in [0.1, 0.15) is 27.0 Å². The molecule has 6 atom stereocenters. The van der Waals surface area contributed by atoms with Gasteiger partial charge in [-0.1, -0.05) is 42.5 Å². The van der Waals surface area contributed by atoms with Gasteiger partial charge in [-0.15, -0.1) is 0 Å². The van der Waals surface area contributed by atoms with Gasteiger partial charge in [0.05, 0.1) is 5.56 Å². The monoisotopic (exact) mass is 494 g/mol. The smallest absolute Gasteiger partial charge is 0.340 e. The highest BCUT2D eigenvalue weighted by Crippen LogP contribution is 2.47. The molecule has 3 aromatic rings. The van der Waals surface area contributed by atoms with Crippen molar-refractivity contribution in [1.82, 2.24) is 0 Å². The molecular formula is C26H22O10. The lowest BCUT2D eigenvalue weighted by atomic mass is 9.80. The standard InChI is InChI=1S/C26H22O10/c27-15-9-5-13(6-10-15)26(18-4-2-1-3-17(18)24(33)36-26)14-7-11-16(12-8-14)34-25-21(30)19(28)20(29)22(35-25)23(31)32/h1-12,19-22,25,27-30H,(H,31,32)/t19-,20-,21+,22-,25+,26?/m0/s1. The van der Waals surface area contributed by atoms with E-state index in [0.29, 0.717) is 22.3 Å². The Hall–Kier alpha value is -3.96. The number of aliphatic carboxylic acids is 1. The Balaban J connectivity index is 1.50. The molecule has 2 aliphatic rings. The Labute approximate surface area is 204 Å². The van der Waals surface area contributed by atoms with Crippen LogP contribution in [0.2, 0.25) is 0 Å². The van der Waals surface area contributed by atoms with Gasteiger partial charge in [-0.25, -0.2) is 9.59 Å². The summed E-state index contributed by atoms with van der Waals surface area (Å²) in [4.78, 5) is 24.1. The molecule has 0 bridgehead atoms. The highest BCUT2D eigenvalue weighted by atomic mass is 16.7. The molecule has 0 aliphatic carbocycles. The van der Waals surface area contributed by atoms with Gasteiger partial charge in [0.15, 0.2) is 11.7 Å². The molecule has 2 heterocycles. The zero-order chi connectivity index (χ0) is 25.6. The van der Waals surface area contributed by atoms with Gasteiger partial charge >= 0.3 is 11.9 Å². The Bertz CT molecular complexity index is 1290. The Morgan fingerprint density at radius 2 is 1.44 bits per heavy atom. The van der Waals surface area contributed by atoms with Crippen LogP contribution >= 0.6 is 0 Å². The SMILES string of the molecule is O=C1OC(c2ccc(O)cc2)(c2ccc(O[C@@H]3O[C@H](C(=O)O)[C@@H](O)[C@H](O)[C@H]3O)cc2)c2ccccc21. The van der Waals surface area contributed by atoms with Gasteiger partial charge in [-0.05, 0) is 30.3 Å². The summed E-state index contributed by atoms with van der Waals surface area (Å²) in [6.45, 7) is 0. The lowest BCUT2D eigenvalue weighted by Crippen LogP contribution is -2.61. The van der Waals surface area contributed by atoms with E-state index in [4.69, 9.17) is 14.2 Å². The lowest BCUT2D eigenvalue weighted by Gasteiger charge is -2.38. The molecule has 0 spiro atoms. The van der Waals surface area contributed by atoms with Crippen LogP contribution in [0.4, 0.5) is 0 Å². The second-order valence-electron chi connectivity index (χ2n) is 8.54. The highest BCUT2D eigenvalue weighted by Gasteiger charge is 2.49. The second kappa shape index (κ2) is 8.92. The number of benzene rings is 3. The maximum absolute atomic E-state index is 12.8. The molecule has 1 saturated heterocycles. The predicted octanol–water partition coefficient (Wildman–Crippen LogP) is 1.13. The van der Waals surface area contributed by atoms with Crippen molar-refractivity contribution in [3.05, 3.63) is 95.1 Å². The van der Waals surface area contributed by atoms with Crippen molar-refractivity contribution in [2.24, 2.45) is 0 Å². The maximum atomic E-state index is 12.8. The minimum atomic E-state index is -1.83. The van der Waals surface area contributed by atoms with Crippen LogP contribution in [0.15, 0.2) is 72.8 Å². The lowest BCUT2D eigenvalue weighted by molar-refractivity contribution is -0.271. The number of phenolic OH excluding ortho intramolecular Hbond substituents is 1. The predicted molar refractivity (Wildman–Crippen MR) is 121 cm³/mol. The average Bonchev–Trinajstić information content (AvgIpc) is 3.18. The van der Waals surface area contributed by atoms with Crippen molar-refractivity contribution in [1.29, 1.82) is 0 Å². The number of carboxylic acids is 1. The number of aliphatic hydroxyl groups excluding tert-OH is 3. The third kappa shape index (κ3) is 3.76.